The second-order valence-corrected chi connectivity index (χ2v) is 9.46. The molecule has 1 aromatic carbocycles. The molecule has 8 heteroatoms. The van der Waals surface area contributed by atoms with Crippen LogP contribution in [0.4, 0.5) is 0 Å². The summed E-state index contributed by atoms with van der Waals surface area (Å²) in [6.07, 6.45) is 11.4. The number of nitrogens with zero attached hydrogens (tertiary/aromatic N) is 5. The second kappa shape index (κ2) is 9.28. The van der Waals surface area contributed by atoms with Crippen molar-refractivity contribution < 1.29 is 9.47 Å². The Kier molecular flexibility index (Phi) is 5.81. The van der Waals surface area contributed by atoms with Gasteiger partial charge in [-0.3, -0.25) is 14.6 Å². The average molecular weight is 483 g/mol. The number of pyridine rings is 2. The van der Waals surface area contributed by atoms with Gasteiger partial charge >= 0.3 is 0 Å². The average Bonchev–Trinajstić information content (AvgIpc) is 3.51. The minimum Gasteiger partial charge on any atom is -0.496 e. The van der Waals surface area contributed by atoms with Crippen LogP contribution in [0.1, 0.15) is 24.8 Å². The van der Waals surface area contributed by atoms with Crippen LogP contribution in [0.2, 0.25) is 0 Å². The number of rotatable bonds is 6. The lowest BCUT2D eigenvalue weighted by molar-refractivity contribution is 0.215. The van der Waals surface area contributed by atoms with Crippen LogP contribution < -0.4 is 9.47 Å². The molecule has 184 valence electrons. The number of hydrogen-bond acceptors (Lipinski definition) is 6. The maximum absolute atomic E-state index is 5.85. The summed E-state index contributed by atoms with van der Waals surface area (Å²) in [7, 11) is 5.36. The molecule has 0 unspecified atom stereocenters. The number of piperidine rings is 1. The van der Waals surface area contributed by atoms with Crippen LogP contribution in [-0.2, 0) is 13.6 Å². The third kappa shape index (κ3) is 4.07. The van der Waals surface area contributed by atoms with Gasteiger partial charge in [0.05, 0.1) is 43.4 Å². The predicted molar refractivity (Wildman–Crippen MR) is 141 cm³/mol. The van der Waals surface area contributed by atoms with E-state index in [0.29, 0.717) is 0 Å². The summed E-state index contributed by atoms with van der Waals surface area (Å²) in [4.78, 5) is 15.2. The van der Waals surface area contributed by atoms with E-state index in [4.69, 9.17) is 14.5 Å². The van der Waals surface area contributed by atoms with Crippen molar-refractivity contribution in [3.63, 3.8) is 0 Å². The maximum atomic E-state index is 5.85. The van der Waals surface area contributed by atoms with E-state index in [1.165, 1.54) is 19.3 Å². The molecule has 1 aliphatic heterocycles. The van der Waals surface area contributed by atoms with Crippen molar-refractivity contribution in [1.82, 2.24) is 29.6 Å². The van der Waals surface area contributed by atoms with Crippen molar-refractivity contribution in [3.05, 3.63) is 54.6 Å². The normalized spacial score (nSPS) is 14.5. The van der Waals surface area contributed by atoms with E-state index in [1.54, 1.807) is 18.9 Å². The van der Waals surface area contributed by atoms with Gasteiger partial charge in [0.25, 0.3) is 0 Å². The minimum absolute atomic E-state index is 0.830. The van der Waals surface area contributed by atoms with Gasteiger partial charge in [0, 0.05) is 47.9 Å². The molecule has 5 aromatic rings. The highest BCUT2D eigenvalue weighted by Gasteiger charge is 2.19. The molecule has 0 bridgehead atoms. The standard InChI is InChI=1S/C28H30N6O2/c1-33-16-20(14-31-33)24-12-21-22-9-19(13-30-28(22)32-25(21)15-29-24)18-10-26(35-2)23(27(11-18)36-3)17-34-7-5-4-6-8-34/h9-16H,4-8,17H2,1-3H3,(H,30,32). The van der Waals surface area contributed by atoms with Crippen LogP contribution in [0.5, 0.6) is 11.5 Å². The Morgan fingerprint density at radius 1 is 0.833 bits per heavy atom. The number of H-pyrrole nitrogens is 1. The summed E-state index contributed by atoms with van der Waals surface area (Å²) in [6.45, 7) is 3.06. The molecule has 1 saturated heterocycles. The van der Waals surface area contributed by atoms with Gasteiger partial charge in [-0.15, -0.1) is 0 Å². The Hall–Kier alpha value is -3.91. The van der Waals surface area contributed by atoms with Gasteiger partial charge in [-0.25, -0.2) is 4.98 Å². The van der Waals surface area contributed by atoms with Gasteiger partial charge in [-0.05, 0) is 55.8 Å². The molecule has 0 atom stereocenters. The number of ether oxygens (including phenoxy) is 2. The van der Waals surface area contributed by atoms with E-state index in [-0.39, 0.29) is 0 Å². The number of benzene rings is 1. The van der Waals surface area contributed by atoms with Crippen molar-refractivity contribution in [3.8, 4) is 33.9 Å². The third-order valence-electron chi connectivity index (χ3n) is 7.11. The Morgan fingerprint density at radius 2 is 1.61 bits per heavy atom. The Balaban J connectivity index is 1.42. The van der Waals surface area contributed by atoms with Crippen LogP contribution in [0.15, 0.2) is 49.1 Å². The zero-order valence-corrected chi connectivity index (χ0v) is 20.9. The fourth-order valence-corrected chi connectivity index (χ4v) is 5.19. The fraction of sp³-hybridized carbons (Fsp3) is 0.321. The first kappa shape index (κ1) is 22.5. The smallest absolute Gasteiger partial charge is 0.138 e. The molecule has 0 amide bonds. The van der Waals surface area contributed by atoms with E-state index in [1.807, 2.05) is 31.8 Å². The first-order valence-corrected chi connectivity index (χ1v) is 12.4. The molecular formula is C28H30N6O2. The summed E-state index contributed by atoms with van der Waals surface area (Å²) >= 11 is 0. The molecule has 8 nitrogen and oxygen atoms in total. The molecule has 0 saturated carbocycles. The highest BCUT2D eigenvalue weighted by atomic mass is 16.5. The first-order chi connectivity index (χ1) is 17.6. The molecule has 0 aliphatic carbocycles. The molecule has 5 heterocycles. The van der Waals surface area contributed by atoms with Gasteiger partial charge in [0.2, 0.25) is 0 Å². The van der Waals surface area contributed by atoms with Crippen LogP contribution in [0.3, 0.4) is 0 Å². The van der Waals surface area contributed by atoms with E-state index >= 15 is 0 Å². The summed E-state index contributed by atoms with van der Waals surface area (Å²) in [6, 6.07) is 8.47. The number of aryl methyl sites for hydroxylation is 1. The van der Waals surface area contributed by atoms with Crippen LogP contribution in [0, 0.1) is 0 Å². The van der Waals surface area contributed by atoms with Crippen LogP contribution >= 0.6 is 0 Å². The number of methoxy groups -OCH3 is 2. The molecule has 1 N–H and O–H groups in total. The predicted octanol–water partition coefficient (Wildman–Crippen LogP) is 5.18. The lowest BCUT2D eigenvalue weighted by Crippen LogP contribution is -2.29. The van der Waals surface area contributed by atoms with Gasteiger partial charge in [0.15, 0.2) is 0 Å². The maximum Gasteiger partial charge on any atom is 0.138 e. The lowest BCUT2D eigenvalue weighted by Gasteiger charge is -2.28. The monoisotopic (exact) mass is 482 g/mol. The highest BCUT2D eigenvalue weighted by molar-refractivity contribution is 6.07. The topological polar surface area (TPSA) is 81.1 Å². The summed E-state index contributed by atoms with van der Waals surface area (Å²) in [5.41, 5.74) is 6.76. The van der Waals surface area contributed by atoms with Crippen LogP contribution in [0.25, 0.3) is 44.3 Å². The van der Waals surface area contributed by atoms with E-state index in [0.717, 1.165) is 81.0 Å². The van der Waals surface area contributed by atoms with Crippen molar-refractivity contribution in [1.29, 1.82) is 0 Å². The number of nitrogens with one attached hydrogen (secondary N) is 1. The number of aromatic amines is 1. The molecule has 4 aromatic heterocycles. The molecule has 6 rings (SSSR count). The summed E-state index contributed by atoms with van der Waals surface area (Å²) in [5.74, 6) is 1.69. The van der Waals surface area contributed by atoms with Gasteiger partial charge < -0.3 is 14.5 Å². The largest absolute Gasteiger partial charge is 0.496 e. The molecule has 0 radical (unpaired) electrons. The van der Waals surface area contributed by atoms with Gasteiger partial charge in [0.1, 0.15) is 17.1 Å². The number of fused-ring (bicyclic) bond motifs is 3. The quantitative estimate of drug-likeness (QED) is 0.359. The molecule has 1 fully saturated rings. The van der Waals surface area contributed by atoms with Crippen molar-refractivity contribution in [2.75, 3.05) is 27.3 Å². The molecular weight excluding hydrogens is 452 g/mol. The summed E-state index contributed by atoms with van der Waals surface area (Å²) < 4.78 is 13.5. The first-order valence-electron chi connectivity index (χ1n) is 12.4. The van der Waals surface area contributed by atoms with Crippen molar-refractivity contribution in [2.24, 2.45) is 7.05 Å². The van der Waals surface area contributed by atoms with Gasteiger partial charge in [-0.1, -0.05) is 6.42 Å². The van der Waals surface area contributed by atoms with Crippen LogP contribution in [-0.4, -0.2) is 56.9 Å². The Bertz CT molecular complexity index is 1520. The fourth-order valence-electron chi connectivity index (χ4n) is 5.19. The van der Waals surface area contributed by atoms with E-state index in [9.17, 15) is 0 Å². The van der Waals surface area contributed by atoms with Gasteiger partial charge in [-0.2, -0.15) is 5.10 Å². The van der Waals surface area contributed by atoms with Crippen molar-refractivity contribution in [2.45, 2.75) is 25.8 Å². The molecule has 0 spiro atoms. The Morgan fingerprint density at radius 3 is 2.31 bits per heavy atom. The third-order valence-corrected chi connectivity index (χ3v) is 7.11. The minimum atomic E-state index is 0.830. The number of hydrogen-bond donors (Lipinski definition) is 1. The SMILES string of the molecule is COc1cc(-c2cnc3[nH]c4cnc(-c5cnn(C)c5)cc4c3c2)cc(OC)c1CN1CCCCC1. The molecule has 1 aliphatic rings. The van der Waals surface area contributed by atoms with E-state index < -0.39 is 0 Å². The van der Waals surface area contributed by atoms with Crippen molar-refractivity contribution >= 4 is 21.9 Å². The number of likely N-dealkylation sites (tertiary alicyclic amines) is 1. The highest BCUT2D eigenvalue weighted by Crippen LogP contribution is 2.38. The Labute approximate surface area is 209 Å². The second-order valence-electron chi connectivity index (χ2n) is 9.46. The summed E-state index contributed by atoms with van der Waals surface area (Å²) in [5, 5.41) is 6.41. The number of aromatic nitrogens is 5. The zero-order valence-electron chi connectivity index (χ0n) is 20.9. The molecule has 36 heavy (non-hydrogen) atoms. The zero-order chi connectivity index (χ0) is 24.6. The lowest BCUT2D eigenvalue weighted by atomic mass is 10.0. The van der Waals surface area contributed by atoms with E-state index in [2.05, 4.69) is 44.2 Å².